The van der Waals surface area contributed by atoms with Gasteiger partial charge >= 0.3 is 0 Å². The average Bonchev–Trinajstić information content (AvgIpc) is 2.89. The van der Waals surface area contributed by atoms with Gasteiger partial charge in [-0.3, -0.25) is 19.0 Å². The van der Waals surface area contributed by atoms with E-state index in [2.05, 4.69) is 15.1 Å². The lowest BCUT2D eigenvalue weighted by molar-refractivity contribution is 0.502. The fourth-order valence-electron chi connectivity index (χ4n) is 2.47. The summed E-state index contributed by atoms with van der Waals surface area (Å²) in [6.45, 7) is 2.04. The number of hydrogen-bond acceptors (Lipinski definition) is 4. The number of nitrogens with zero attached hydrogens (tertiary/aromatic N) is 5. The van der Waals surface area contributed by atoms with Gasteiger partial charge in [-0.1, -0.05) is 6.92 Å². The van der Waals surface area contributed by atoms with Crippen molar-refractivity contribution in [1.82, 2.24) is 24.3 Å². The molecule has 0 unspecified atom stereocenters. The third-order valence-electron chi connectivity index (χ3n) is 3.51. The van der Waals surface area contributed by atoms with Gasteiger partial charge in [0.15, 0.2) is 0 Å². The van der Waals surface area contributed by atoms with E-state index in [0.717, 1.165) is 12.1 Å². The van der Waals surface area contributed by atoms with Crippen LogP contribution in [0, 0.1) is 0 Å². The van der Waals surface area contributed by atoms with E-state index in [0.29, 0.717) is 10.9 Å². The van der Waals surface area contributed by atoms with Gasteiger partial charge in [-0.25, -0.2) is 4.98 Å². The number of hydrogen-bond donors (Lipinski definition) is 0. The van der Waals surface area contributed by atoms with E-state index < -0.39 is 0 Å². The fourth-order valence-corrected chi connectivity index (χ4v) is 2.47. The SMILES string of the molecule is CC[C@H](c1ccnn1C)n1cnc2cnccc2c1=O. The molecule has 0 spiro atoms. The van der Waals surface area contributed by atoms with Crippen LogP contribution in [0.3, 0.4) is 0 Å². The second-order valence-electron chi connectivity index (χ2n) is 4.65. The van der Waals surface area contributed by atoms with Crippen molar-refractivity contribution in [3.8, 4) is 0 Å². The zero-order valence-electron chi connectivity index (χ0n) is 11.4. The molecule has 0 fully saturated rings. The maximum absolute atomic E-state index is 12.6. The topological polar surface area (TPSA) is 65.6 Å². The van der Waals surface area contributed by atoms with Crippen molar-refractivity contribution < 1.29 is 0 Å². The van der Waals surface area contributed by atoms with Crippen molar-refractivity contribution in [1.29, 1.82) is 0 Å². The number of fused-ring (bicyclic) bond motifs is 1. The highest BCUT2D eigenvalue weighted by Gasteiger charge is 2.17. The van der Waals surface area contributed by atoms with Gasteiger partial charge in [0.2, 0.25) is 0 Å². The molecule has 0 radical (unpaired) electrons. The quantitative estimate of drug-likeness (QED) is 0.723. The zero-order chi connectivity index (χ0) is 14.1. The molecule has 0 N–H and O–H groups in total. The molecular weight excluding hydrogens is 254 g/mol. The van der Waals surface area contributed by atoms with E-state index in [1.165, 1.54) is 0 Å². The van der Waals surface area contributed by atoms with Gasteiger partial charge in [0.1, 0.15) is 0 Å². The Labute approximate surface area is 115 Å². The summed E-state index contributed by atoms with van der Waals surface area (Å²) in [7, 11) is 1.88. The Balaban J connectivity index is 2.21. The van der Waals surface area contributed by atoms with E-state index in [1.807, 2.05) is 20.0 Å². The molecule has 6 heteroatoms. The first-order chi connectivity index (χ1) is 9.72. The van der Waals surface area contributed by atoms with Crippen molar-refractivity contribution in [2.45, 2.75) is 19.4 Å². The van der Waals surface area contributed by atoms with Gasteiger partial charge in [-0.15, -0.1) is 0 Å². The summed E-state index contributed by atoms with van der Waals surface area (Å²) in [6.07, 6.45) is 7.33. The van der Waals surface area contributed by atoms with Crippen LogP contribution in [0.2, 0.25) is 0 Å². The summed E-state index contributed by atoms with van der Waals surface area (Å²) in [5.74, 6) is 0. The molecule has 0 amide bonds. The van der Waals surface area contributed by atoms with Crippen molar-refractivity contribution in [3.05, 3.63) is 53.1 Å². The smallest absolute Gasteiger partial charge is 0.261 e. The minimum atomic E-state index is -0.0694. The van der Waals surface area contributed by atoms with Crippen LogP contribution in [-0.2, 0) is 7.05 Å². The predicted molar refractivity (Wildman–Crippen MR) is 75.4 cm³/mol. The standard InChI is InChI=1S/C14H15N5O/c1-3-12(13-5-7-17-18(13)2)19-9-16-11-8-15-6-4-10(11)14(19)20/h4-9,12H,3H2,1-2H3/t12-/m1/s1. The fraction of sp³-hybridized carbons (Fsp3) is 0.286. The molecule has 3 aromatic heterocycles. The molecular formula is C14H15N5O. The van der Waals surface area contributed by atoms with Crippen LogP contribution < -0.4 is 5.56 Å². The highest BCUT2D eigenvalue weighted by Crippen LogP contribution is 2.19. The lowest BCUT2D eigenvalue weighted by Gasteiger charge is -2.18. The molecule has 0 saturated carbocycles. The predicted octanol–water partition coefficient (Wildman–Crippen LogP) is 1.52. The first kappa shape index (κ1) is 12.5. The lowest BCUT2D eigenvalue weighted by Crippen LogP contribution is -2.27. The maximum atomic E-state index is 12.6. The van der Waals surface area contributed by atoms with Crippen molar-refractivity contribution >= 4 is 10.9 Å². The second-order valence-corrected chi connectivity index (χ2v) is 4.65. The maximum Gasteiger partial charge on any atom is 0.261 e. The molecule has 0 aliphatic heterocycles. The van der Waals surface area contributed by atoms with Gasteiger partial charge in [0.25, 0.3) is 5.56 Å². The van der Waals surface area contributed by atoms with Gasteiger partial charge < -0.3 is 0 Å². The molecule has 3 aromatic rings. The number of aryl methyl sites for hydroxylation is 1. The van der Waals surface area contributed by atoms with Crippen molar-refractivity contribution in [2.24, 2.45) is 7.05 Å². The Morgan fingerprint density at radius 3 is 2.85 bits per heavy atom. The van der Waals surface area contributed by atoms with Crippen LogP contribution in [0.25, 0.3) is 10.9 Å². The Hall–Kier alpha value is -2.50. The first-order valence-corrected chi connectivity index (χ1v) is 6.51. The monoisotopic (exact) mass is 269 g/mol. The molecule has 0 saturated heterocycles. The minimum Gasteiger partial charge on any atom is -0.290 e. The summed E-state index contributed by atoms with van der Waals surface area (Å²) < 4.78 is 3.46. The summed E-state index contributed by atoms with van der Waals surface area (Å²) in [5.41, 5.74) is 1.56. The van der Waals surface area contributed by atoms with E-state index in [-0.39, 0.29) is 11.6 Å². The number of rotatable bonds is 3. The molecule has 3 rings (SSSR count). The molecule has 3 heterocycles. The van der Waals surface area contributed by atoms with E-state index in [1.54, 1.807) is 40.2 Å². The highest BCUT2D eigenvalue weighted by molar-refractivity contribution is 5.75. The lowest BCUT2D eigenvalue weighted by atomic mass is 10.1. The van der Waals surface area contributed by atoms with Crippen LogP contribution in [0.5, 0.6) is 0 Å². The van der Waals surface area contributed by atoms with Crippen molar-refractivity contribution in [3.63, 3.8) is 0 Å². The molecule has 0 bridgehead atoms. The first-order valence-electron chi connectivity index (χ1n) is 6.51. The van der Waals surface area contributed by atoms with Crippen LogP contribution in [-0.4, -0.2) is 24.3 Å². The van der Waals surface area contributed by atoms with Crippen molar-refractivity contribution in [2.75, 3.05) is 0 Å². The number of pyridine rings is 1. The summed E-state index contributed by atoms with van der Waals surface area (Å²) in [6, 6.07) is 3.56. The Morgan fingerprint density at radius 1 is 1.30 bits per heavy atom. The molecule has 20 heavy (non-hydrogen) atoms. The normalized spacial score (nSPS) is 12.7. The second kappa shape index (κ2) is 4.88. The summed E-state index contributed by atoms with van der Waals surface area (Å²) in [4.78, 5) is 20.9. The van der Waals surface area contributed by atoms with Crippen LogP contribution in [0.1, 0.15) is 25.1 Å². The van der Waals surface area contributed by atoms with Gasteiger partial charge in [0.05, 0.1) is 35.2 Å². The zero-order valence-corrected chi connectivity index (χ0v) is 11.4. The van der Waals surface area contributed by atoms with E-state index in [9.17, 15) is 4.79 Å². The number of aromatic nitrogens is 5. The summed E-state index contributed by atoms with van der Waals surface area (Å²) >= 11 is 0. The minimum absolute atomic E-state index is 0.0505. The Kier molecular flexibility index (Phi) is 3.06. The summed E-state index contributed by atoms with van der Waals surface area (Å²) in [5, 5.41) is 4.76. The van der Waals surface area contributed by atoms with Crippen LogP contribution in [0.4, 0.5) is 0 Å². The van der Waals surface area contributed by atoms with E-state index in [4.69, 9.17) is 0 Å². The van der Waals surface area contributed by atoms with E-state index >= 15 is 0 Å². The van der Waals surface area contributed by atoms with Gasteiger partial charge in [0, 0.05) is 19.4 Å². The highest BCUT2D eigenvalue weighted by atomic mass is 16.1. The molecule has 0 aliphatic rings. The Bertz CT molecular complexity index is 804. The molecule has 6 nitrogen and oxygen atoms in total. The van der Waals surface area contributed by atoms with Gasteiger partial charge in [-0.2, -0.15) is 5.10 Å². The Morgan fingerprint density at radius 2 is 2.15 bits per heavy atom. The van der Waals surface area contributed by atoms with Gasteiger partial charge in [-0.05, 0) is 18.6 Å². The third-order valence-corrected chi connectivity index (χ3v) is 3.51. The van der Waals surface area contributed by atoms with Crippen LogP contribution in [0.15, 0.2) is 41.8 Å². The molecule has 1 atom stereocenters. The average molecular weight is 269 g/mol. The largest absolute Gasteiger partial charge is 0.290 e. The third kappa shape index (κ3) is 1.89. The van der Waals surface area contributed by atoms with Crippen LogP contribution >= 0.6 is 0 Å². The molecule has 0 aliphatic carbocycles. The molecule has 102 valence electrons. The molecule has 0 aromatic carbocycles.